The molecule has 0 radical (unpaired) electrons. The number of nitrogens with zero attached hydrogens (tertiary/aromatic N) is 2. The first-order chi connectivity index (χ1) is 19.2. The summed E-state index contributed by atoms with van der Waals surface area (Å²) in [5, 5.41) is 3.33. The number of benzene rings is 3. The van der Waals surface area contributed by atoms with E-state index in [4.69, 9.17) is 11.6 Å². The van der Waals surface area contributed by atoms with Crippen LogP contribution in [0.1, 0.15) is 50.8 Å². The molecule has 0 spiro atoms. The summed E-state index contributed by atoms with van der Waals surface area (Å²) >= 11 is 6.30. The number of hydrogen-bond donors (Lipinski definition) is 1. The van der Waals surface area contributed by atoms with E-state index in [1.807, 2.05) is 65.0 Å². The second-order valence-electron chi connectivity index (χ2n) is 11.2. The Morgan fingerprint density at radius 3 is 2.17 bits per heavy atom. The first kappa shape index (κ1) is 32.2. The van der Waals surface area contributed by atoms with Gasteiger partial charge in [-0.3, -0.25) is 13.9 Å². The van der Waals surface area contributed by atoms with Gasteiger partial charge in [0.2, 0.25) is 11.8 Å². The summed E-state index contributed by atoms with van der Waals surface area (Å²) in [6.07, 6.45) is 0.871. The molecule has 0 aromatic heterocycles. The lowest BCUT2D eigenvalue weighted by Gasteiger charge is -2.35. The quantitative estimate of drug-likeness (QED) is 0.297. The van der Waals surface area contributed by atoms with E-state index in [1.54, 1.807) is 37.3 Å². The van der Waals surface area contributed by atoms with Crippen molar-refractivity contribution in [2.75, 3.05) is 17.4 Å². The molecule has 3 aromatic carbocycles. The summed E-state index contributed by atoms with van der Waals surface area (Å²) in [4.78, 5) is 29.1. The van der Waals surface area contributed by atoms with E-state index >= 15 is 0 Å². The Morgan fingerprint density at radius 2 is 1.59 bits per heavy atom. The van der Waals surface area contributed by atoms with Crippen molar-refractivity contribution in [2.45, 2.75) is 70.9 Å². The van der Waals surface area contributed by atoms with Gasteiger partial charge in [-0.15, -0.1) is 0 Å². The number of hydrogen-bond acceptors (Lipinski definition) is 4. The largest absolute Gasteiger partial charge is 0.350 e. The molecule has 9 heteroatoms. The van der Waals surface area contributed by atoms with Gasteiger partial charge in [-0.1, -0.05) is 72.6 Å². The van der Waals surface area contributed by atoms with Crippen LogP contribution in [0.5, 0.6) is 0 Å². The second-order valence-corrected chi connectivity index (χ2v) is 13.5. The normalized spacial score (nSPS) is 12.5. The minimum absolute atomic E-state index is 0.0589. The number of amides is 2. The van der Waals surface area contributed by atoms with Gasteiger partial charge in [-0.25, -0.2) is 8.42 Å². The fourth-order valence-corrected chi connectivity index (χ4v) is 6.19. The number of rotatable bonds is 11. The Labute approximate surface area is 249 Å². The van der Waals surface area contributed by atoms with Gasteiger partial charge >= 0.3 is 0 Å². The molecule has 2 amide bonds. The molecule has 0 aliphatic rings. The van der Waals surface area contributed by atoms with Crippen LogP contribution in [0, 0.1) is 13.8 Å². The van der Waals surface area contributed by atoms with Gasteiger partial charge in [0.25, 0.3) is 10.0 Å². The van der Waals surface area contributed by atoms with Gasteiger partial charge in [-0.2, -0.15) is 0 Å². The Balaban J connectivity index is 2.06. The van der Waals surface area contributed by atoms with Crippen molar-refractivity contribution in [3.8, 4) is 0 Å². The van der Waals surface area contributed by atoms with E-state index in [-0.39, 0.29) is 17.3 Å². The van der Waals surface area contributed by atoms with Crippen LogP contribution >= 0.6 is 11.6 Å². The molecule has 0 aliphatic heterocycles. The number of nitrogens with one attached hydrogen (secondary N) is 1. The predicted octanol–water partition coefficient (Wildman–Crippen LogP) is 5.92. The molecule has 1 atom stereocenters. The Kier molecular flexibility index (Phi) is 10.6. The zero-order valence-corrected chi connectivity index (χ0v) is 26.2. The van der Waals surface area contributed by atoms with Crippen LogP contribution in [0.3, 0.4) is 0 Å². The molecular weight excluding hydrogens is 558 g/mol. The number of anilines is 1. The molecule has 1 N–H and O–H groups in total. The standard InChI is InChI=1S/C32H40ClN3O4S/c1-7-28(31(38)34-32(4,5)6)35(20-19-25-11-9-8-10-12-25)30(37)22-36(29-21-26(33)16-15-24(29)3)41(39,40)27-17-13-23(2)14-18-27/h8-18,21,28H,7,19-20,22H2,1-6H3,(H,34,38)/t28-/m1/s1. The van der Waals surface area contributed by atoms with Gasteiger partial charge < -0.3 is 10.2 Å². The Hall–Kier alpha value is -3.36. The molecule has 7 nitrogen and oxygen atoms in total. The number of sulfonamides is 1. The van der Waals surface area contributed by atoms with Crippen LogP contribution in [0.25, 0.3) is 0 Å². The summed E-state index contributed by atoms with van der Waals surface area (Å²) in [6.45, 7) is 10.9. The van der Waals surface area contributed by atoms with E-state index in [1.165, 1.54) is 17.0 Å². The van der Waals surface area contributed by atoms with Crippen LogP contribution in [0.4, 0.5) is 5.69 Å². The van der Waals surface area contributed by atoms with E-state index in [9.17, 15) is 18.0 Å². The van der Waals surface area contributed by atoms with Crippen LogP contribution < -0.4 is 9.62 Å². The van der Waals surface area contributed by atoms with Crippen molar-refractivity contribution in [1.29, 1.82) is 0 Å². The summed E-state index contributed by atoms with van der Waals surface area (Å²) in [5.41, 5.74) is 2.37. The average molecular weight is 598 g/mol. The molecule has 0 bridgehead atoms. The zero-order valence-electron chi connectivity index (χ0n) is 24.6. The maximum Gasteiger partial charge on any atom is 0.264 e. The first-order valence-electron chi connectivity index (χ1n) is 13.7. The molecule has 0 aliphatic carbocycles. The van der Waals surface area contributed by atoms with Crippen molar-refractivity contribution in [2.24, 2.45) is 0 Å². The highest BCUT2D eigenvalue weighted by atomic mass is 35.5. The maximum atomic E-state index is 14.2. The van der Waals surface area contributed by atoms with E-state index < -0.39 is 34.1 Å². The number of aryl methyl sites for hydroxylation is 2. The van der Waals surface area contributed by atoms with Crippen LogP contribution in [-0.4, -0.2) is 49.8 Å². The van der Waals surface area contributed by atoms with Gasteiger partial charge in [0.15, 0.2) is 0 Å². The van der Waals surface area contributed by atoms with Gasteiger partial charge in [-0.05, 0) is 82.9 Å². The van der Waals surface area contributed by atoms with Crippen molar-refractivity contribution >= 4 is 39.1 Å². The van der Waals surface area contributed by atoms with Gasteiger partial charge in [0.1, 0.15) is 12.6 Å². The molecule has 41 heavy (non-hydrogen) atoms. The highest BCUT2D eigenvalue weighted by Gasteiger charge is 2.34. The van der Waals surface area contributed by atoms with E-state index in [0.717, 1.165) is 15.4 Å². The highest BCUT2D eigenvalue weighted by molar-refractivity contribution is 7.92. The second kappa shape index (κ2) is 13.5. The summed E-state index contributed by atoms with van der Waals surface area (Å²) in [6, 6.07) is 20.3. The zero-order chi connectivity index (χ0) is 30.4. The third kappa shape index (κ3) is 8.57. The fraction of sp³-hybridized carbons (Fsp3) is 0.375. The third-order valence-electron chi connectivity index (χ3n) is 6.70. The molecule has 3 aromatic rings. The minimum atomic E-state index is -4.16. The molecular formula is C32H40ClN3O4S. The lowest BCUT2D eigenvalue weighted by molar-refractivity contribution is -0.140. The van der Waals surface area contributed by atoms with Crippen molar-refractivity contribution in [1.82, 2.24) is 10.2 Å². The monoisotopic (exact) mass is 597 g/mol. The SMILES string of the molecule is CC[C@H](C(=O)NC(C)(C)C)N(CCc1ccccc1)C(=O)CN(c1cc(Cl)ccc1C)S(=O)(=O)c1ccc(C)cc1. The lowest BCUT2D eigenvalue weighted by atomic mass is 10.1. The number of halogens is 1. The summed E-state index contributed by atoms with van der Waals surface area (Å²) in [7, 11) is -4.16. The summed E-state index contributed by atoms with van der Waals surface area (Å²) < 4.78 is 29.2. The average Bonchev–Trinajstić information content (AvgIpc) is 2.90. The van der Waals surface area contributed by atoms with E-state index in [2.05, 4.69) is 5.32 Å². The molecule has 0 unspecified atom stereocenters. The maximum absolute atomic E-state index is 14.2. The molecule has 0 heterocycles. The Morgan fingerprint density at radius 1 is 0.951 bits per heavy atom. The molecule has 0 fully saturated rings. The van der Waals surface area contributed by atoms with Crippen molar-refractivity contribution < 1.29 is 18.0 Å². The third-order valence-corrected chi connectivity index (χ3v) is 8.71. The van der Waals surface area contributed by atoms with Crippen LogP contribution in [0.15, 0.2) is 77.7 Å². The Bertz CT molecular complexity index is 1450. The van der Waals surface area contributed by atoms with Gasteiger partial charge in [0, 0.05) is 17.1 Å². The summed E-state index contributed by atoms with van der Waals surface area (Å²) in [5.74, 6) is -0.764. The molecule has 220 valence electrons. The van der Waals surface area contributed by atoms with Crippen molar-refractivity contribution in [3.05, 3.63) is 94.5 Å². The fourth-order valence-electron chi connectivity index (χ4n) is 4.55. The number of carbonyl (C=O) groups is 2. The van der Waals surface area contributed by atoms with Crippen molar-refractivity contribution in [3.63, 3.8) is 0 Å². The van der Waals surface area contributed by atoms with Crippen LogP contribution in [0.2, 0.25) is 5.02 Å². The smallest absolute Gasteiger partial charge is 0.264 e. The lowest BCUT2D eigenvalue weighted by Crippen LogP contribution is -2.56. The van der Waals surface area contributed by atoms with Crippen LogP contribution in [-0.2, 0) is 26.0 Å². The number of carbonyl (C=O) groups excluding carboxylic acids is 2. The molecule has 3 rings (SSSR count). The van der Waals surface area contributed by atoms with E-state index in [0.29, 0.717) is 29.1 Å². The van der Waals surface area contributed by atoms with Gasteiger partial charge in [0.05, 0.1) is 10.6 Å². The predicted molar refractivity (Wildman–Crippen MR) is 166 cm³/mol. The molecule has 0 saturated carbocycles. The minimum Gasteiger partial charge on any atom is -0.350 e. The topological polar surface area (TPSA) is 86.8 Å². The highest BCUT2D eigenvalue weighted by Crippen LogP contribution is 2.30. The molecule has 0 saturated heterocycles. The first-order valence-corrected chi connectivity index (χ1v) is 15.6.